The molecule has 0 bridgehead atoms. The molecule has 0 aliphatic carbocycles. The van der Waals surface area contributed by atoms with E-state index in [0.717, 1.165) is 11.3 Å². The molecule has 0 spiro atoms. The molecule has 0 saturated carbocycles. The van der Waals surface area contributed by atoms with Crippen molar-refractivity contribution in [1.82, 2.24) is 4.98 Å². The second-order valence-corrected chi connectivity index (χ2v) is 8.93. The van der Waals surface area contributed by atoms with E-state index in [-0.39, 0.29) is 10.0 Å². The zero-order chi connectivity index (χ0) is 14.2. The van der Waals surface area contributed by atoms with Crippen molar-refractivity contribution < 1.29 is 8.42 Å². The summed E-state index contributed by atoms with van der Waals surface area (Å²) < 4.78 is 27.7. The molecule has 0 radical (unpaired) electrons. The zero-order valence-electron chi connectivity index (χ0n) is 9.02. The molecule has 0 unspecified atom stereocenters. The molecule has 3 N–H and O–H groups in total. The monoisotopic (exact) mass is 445 g/mol. The van der Waals surface area contributed by atoms with Crippen molar-refractivity contribution in [2.24, 2.45) is 0 Å². The molecule has 0 saturated heterocycles. The summed E-state index contributed by atoms with van der Waals surface area (Å²) in [5, 5.41) is 0.342. The minimum absolute atomic E-state index is 0.0925. The van der Waals surface area contributed by atoms with E-state index in [4.69, 9.17) is 17.3 Å². The SMILES string of the molecule is Nc1cnc(NS(=O)(=O)c2cc(Cl)c(Br)s2)c(Br)c1. The lowest BCUT2D eigenvalue weighted by Gasteiger charge is -2.07. The molecule has 5 nitrogen and oxygen atoms in total. The highest BCUT2D eigenvalue weighted by Crippen LogP contribution is 2.35. The van der Waals surface area contributed by atoms with Crippen LogP contribution < -0.4 is 10.5 Å². The van der Waals surface area contributed by atoms with E-state index >= 15 is 0 Å². The van der Waals surface area contributed by atoms with Crippen LogP contribution in [0.5, 0.6) is 0 Å². The summed E-state index contributed by atoms with van der Waals surface area (Å²) in [6.07, 6.45) is 1.36. The third kappa shape index (κ3) is 3.40. The predicted octanol–water partition coefficient (Wildman–Crippen LogP) is 3.70. The van der Waals surface area contributed by atoms with Crippen LogP contribution in [0, 0.1) is 0 Å². The molecule has 0 atom stereocenters. The number of nitrogen functional groups attached to an aromatic ring is 1. The highest BCUT2D eigenvalue weighted by Gasteiger charge is 2.20. The van der Waals surface area contributed by atoms with E-state index in [9.17, 15) is 8.42 Å². The summed E-state index contributed by atoms with van der Waals surface area (Å²) in [6, 6.07) is 2.92. The Balaban J connectivity index is 2.36. The second kappa shape index (κ2) is 5.57. The molecule has 0 aliphatic heterocycles. The van der Waals surface area contributed by atoms with Crippen LogP contribution in [0.25, 0.3) is 0 Å². The van der Waals surface area contributed by atoms with E-state index in [1.54, 1.807) is 6.07 Å². The Labute approximate surface area is 135 Å². The maximum absolute atomic E-state index is 12.1. The summed E-state index contributed by atoms with van der Waals surface area (Å²) in [7, 11) is -3.73. The minimum Gasteiger partial charge on any atom is -0.397 e. The molecule has 0 fully saturated rings. The number of nitrogens with zero attached hydrogens (tertiary/aromatic N) is 1. The Morgan fingerprint density at radius 2 is 2.05 bits per heavy atom. The lowest BCUT2D eigenvalue weighted by atomic mass is 10.4. The van der Waals surface area contributed by atoms with Gasteiger partial charge in [0.1, 0.15) is 4.21 Å². The number of sulfonamides is 1. The fourth-order valence-corrected chi connectivity index (χ4v) is 5.19. The predicted molar refractivity (Wildman–Crippen MR) is 84.2 cm³/mol. The Hall–Kier alpha value is -0.350. The molecule has 2 rings (SSSR count). The van der Waals surface area contributed by atoms with Crippen LogP contribution in [0.1, 0.15) is 0 Å². The summed E-state index contributed by atoms with van der Waals surface area (Å²) in [5.41, 5.74) is 5.96. The van der Waals surface area contributed by atoms with Crippen molar-refractivity contribution in [3.63, 3.8) is 0 Å². The van der Waals surface area contributed by atoms with Crippen LogP contribution in [0.2, 0.25) is 5.02 Å². The summed E-state index contributed by atoms with van der Waals surface area (Å²) in [4.78, 5) is 3.92. The fraction of sp³-hybridized carbons (Fsp3) is 0. The maximum Gasteiger partial charge on any atom is 0.272 e. The van der Waals surface area contributed by atoms with Crippen LogP contribution in [-0.2, 0) is 10.0 Å². The third-order valence-corrected chi connectivity index (χ3v) is 6.87. The lowest BCUT2D eigenvalue weighted by Crippen LogP contribution is -2.13. The second-order valence-electron chi connectivity index (χ2n) is 3.39. The molecule has 19 heavy (non-hydrogen) atoms. The standard InChI is InChI=1S/C9H6Br2ClN3O2S2/c10-5-1-4(13)3-14-9(5)15-19(16,17)7-2-6(12)8(11)18-7/h1-3H,13H2,(H,14,15). The highest BCUT2D eigenvalue weighted by atomic mass is 79.9. The third-order valence-electron chi connectivity index (χ3n) is 1.98. The first-order valence-corrected chi connectivity index (χ1v) is 8.94. The summed E-state index contributed by atoms with van der Waals surface area (Å²) >= 11 is 13.2. The number of anilines is 2. The fourth-order valence-electron chi connectivity index (χ4n) is 1.16. The van der Waals surface area contributed by atoms with Gasteiger partial charge in [0.25, 0.3) is 10.0 Å². The van der Waals surface area contributed by atoms with Gasteiger partial charge >= 0.3 is 0 Å². The highest BCUT2D eigenvalue weighted by molar-refractivity contribution is 9.11. The van der Waals surface area contributed by atoms with Gasteiger partial charge in [-0.3, -0.25) is 4.72 Å². The average Bonchev–Trinajstić information content (AvgIpc) is 2.64. The van der Waals surface area contributed by atoms with Gasteiger partial charge in [0.15, 0.2) is 5.82 Å². The van der Waals surface area contributed by atoms with Crippen LogP contribution in [0.3, 0.4) is 0 Å². The van der Waals surface area contributed by atoms with E-state index in [0.29, 0.717) is 19.0 Å². The Morgan fingerprint density at radius 1 is 1.37 bits per heavy atom. The molecule has 0 aromatic carbocycles. The molecule has 0 amide bonds. The van der Waals surface area contributed by atoms with Crippen molar-refractivity contribution >= 4 is 76.3 Å². The molecule has 102 valence electrons. The molecular weight excluding hydrogens is 442 g/mol. The van der Waals surface area contributed by atoms with Crippen LogP contribution in [0.4, 0.5) is 11.5 Å². The molecular formula is C9H6Br2ClN3O2S2. The number of nitrogens with two attached hydrogens (primary N) is 1. The van der Waals surface area contributed by atoms with Gasteiger partial charge in [-0.1, -0.05) is 11.6 Å². The number of halogens is 3. The Morgan fingerprint density at radius 3 is 2.58 bits per heavy atom. The van der Waals surface area contributed by atoms with Gasteiger partial charge in [0.05, 0.1) is 25.2 Å². The molecule has 2 heterocycles. The van der Waals surface area contributed by atoms with Crippen molar-refractivity contribution in [2.45, 2.75) is 4.21 Å². The van der Waals surface area contributed by atoms with E-state index in [1.807, 2.05) is 0 Å². The molecule has 10 heteroatoms. The van der Waals surface area contributed by atoms with Crippen LogP contribution in [0.15, 0.2) is 30.8 Å². The smallest absolute Gasteiger partial charge is 0.272 e. The zero-order valence-corrected chi connectivity index (χ0v) is 14.6. The normalized spacial score (nSPS) is 11.5. The number of hydrogen-bond acceptors (Lipinski definition) is 5. The number of aromatic nitrogens is 1. The van der Waals surface area contributed by atoms with E-state index < -0.39 is 10.0 Å². The Kier molecular flexibility index (Phi) is 4.41. The van der Waals surface area contributed by atoms with Crippen molar-refractivity contribution in [1.29, 1.82) is 0 Å². The first-order valence-electron chi connectivity index (χ1n) is 4.68. The maximum atomic E-state index is 12.1. The van der Waals surface area contributed by atoms with Crippen LogP contribution in [-0.4, -0.2) is 13.4 Å². The van der Waals surface area contributed by atoms with Gasteiger partial charge in [0, 0.05) is 0 Å². The average molecular weight is 448 g/mol. The molecule has 2 aromatic rings. The lowest BCUT2D eigenvalue weighted by molar-refractivity contribution is 0.603. The molecule has 0 aliphatic rings. The van der Waals surface area contributed by atoms with Gasteiger partial charge in [-0.15, -0.1) is 11.3 Å². The topological polar surface area (TPSA) is 85.1 Å². The number of nitrogens with one attached hydrogen (secondary N) is 1. The van der Waals surface area contributed by atoms with E-state index in [1.165, 1.54) is 12.3 Å². The number of hydrogen-bond donors (Lipinski definition) is 2. The van der Waals surface area contributed by atoms with Crippen molar-refractivity contribution in [3.05, 3.63) is 31.6 Å². The number of thiophene rings is 1. The first kappa shape index (κ1) is 15.0. The summed E-state index contributed by atoms with van der Waals surface area (Å²) in [6.45, 7) is 0. The van der Waals surface area contributed by atoms with Crippen molar-refractivity contribution in [3.8, 4) is 0 Å². The quantitative estimate of drug-likeness (QED) is 0.751. The number of rotatable bonds is 3. The van der Waals surface area contributed by atoms with Gasteiger partial charge in [-0.25, -0.2) is 13.4 Å². The summed E-state index contributed by atoms with van der Waals surface area (Å²) in [5.74, 6) is 0.162. The largest absolute Gasteiger partial charge is 0.397 e. The van der Waals surface area contributed by atoms with Gasteiger partial charge in [-0.2, -0.15) is 0 Å². The minimum atomic E-state index is -3.73. The van der Waals surface area contributed by atoms with E-state index in [2.05, 4.69) is 41.6 Å². The van der Waals surface area contributed by atoms with Crippen molar-refractivity contribution in [2.75, 3.05) is 10.5 Å². The Bertz CT molecular complexity index is 714. The molecule has 2 aromatic heterocycles. The first-order chi connectivity index (χ1) is 8.79. The van der Waals surface area contributed by atoms with Gasteiger partial charge < -0.3 is 5.73 Å². The van der Waals surface area contributed by atoms with Gasteiger partial charge in [-0.05, 0) is 44.0 Å². The number of pyridine rings is 1. The van der Waals surface area contributed by atoms with Crippen LogP contribution >= 0.6 is 54.8 Å². The van der Waals surface area contributed by atoms with Gasteiger partial charge in [0.2, 0.25) is 0 Å².